The van der Waals surface area contributed by atoms with E-state index in [9.17, 15) is 4.79 Å². The van der Waals surface area contributed by atoms with Crippen LogP contribution in [0.25, 0.3) is 5.69 Å². The number of carbonyl (C=O) groups is 1. The van der Waals surface area contributed by atoms with Gasteiger partial charge in [0, 0.05) is 18.7 Å². The molecule has 1 saturated heterocycles. The van der Waals surface area contributed by atoms with Crippen molar-refractivity contribution in [2.75, 3.05) is 20.1 Å². The van der Waals surface area contributed by atoms with Gasteiger partial charge in [0.2, 0.25) is 0 Å². The number of hydrogen-bond acceptors (Lipinski definition) is 4. The van der Waals surface area contributed by atoms with Gasteiger partial charge in [-0.1, -0.05) is 0 Å². The van der Waals surface area contributed by atoms with Gasteiger partial charge in [0.1, 0.15) is 11.6 Å². The summed E-state index contributed by atoms with van der Waals surface area (Å²) < 4.78 is 1.79. The lowest BCUT2D eigenvalue weighted by Gasteiger charge is -2.31. The van der Waals surface area contributed by atoms with Crippen molar-refractivity contribution in [1.82, 2.24) is 25.0 Å². The lowest BCUT2D eigenvalue weighted by molar-refractivity contribution is 0.0703. The molecular formula is C17H23N5O. The number of hydrogen-bond donors (Lipinski definition) is 1. The smallest absolute Gasteiger partial charge is 0.253 e. The van der Waals surface area contributed by atoms with Crippen LogP contribution < -0.4 is 5.32 Å². The number of aromatic nitrogens is 3. The summed E-state index contributed by atoms with van der Waals surface area (Å²) in [5.41, 5.74) is 1.63. The lowest BCUT2D eigenvalue weighted by atomic mass is 10.0. The molecule has 1 N–H and O–H groups in total. The Morgan fingerprint density at radius 1 is 1.22 bits per heavy atom. The molecule has 0 bridgehead atoms. The quantitative estimate of drug-likeness (QED) is 0.937. The Balaban J connectivity index is 1.76. The molecule has 0 aliphatic carbocycles. The maximum atomic E-state index is 12.6. The predicted octanol–water partition coefficient (Wildman–Crippen LogP) is 1.71. The molecule has 122 valence electrons. The molecule has 6 nitrogen and oxygen atoms in total. The van der Waals surface area contributed by atoms with E-state index in [1.54, 1.807) is 4.68 Å². The van der Waals surface area contributed by atoms with E-state index in [1.807, 2.05) is 50.1 Å². The highest BCUT2D eigenvalue weighted by Gasteiger charge is 2.22. The third-order valence-corrected chi connectivity index (χ3v) is 4.41. The first-order valence-corrected chi connectivity index (χ1v) is 8.05. The number of rotatable bonds is 3. The molecule has 6 heteroatoms. The number of nitrogens with one attached hydrogen (secondary N) is 1. The minimum atomic E-state index is 0.0787. The van der Waals surface area contributed by atoms with Gasteiger partial charge >= 0.3 is 0 Å². The maximum Gasteiger partial charge on any atom is 0.253 e. The van der Waals surface area contributed by atoms with E-state index < -0.39 is 0 Å². The molecule has 0 spiro atoms. The van der Waals surface area contributed by atoms with Crippen molar-refractivity contribution in [3.8, 4) is 5.69 Å². The van der Waals surface area contributed by atoms with E-state index in [0.717, 1.165) is 43.3 Å². The third-order valence-electron chi connectivity index (χ3n) is 4.41. The van der Waals surface area contributed by atoms with Gasteiger partial charge in [0.05, 0.1) is 5.69 Å². The topological polar surface area (TPSA) is 63.1 Å². The molecule has 0 atom stereocenters. The van der Waals surface area contributed by atoms with Crippen molar-refractivity contribution < 1.29 is 4.79 Å². The van der Waals surface area contributed by atoms with E-state index in [-0.39, 0.29) is 5.91 Å². The van der Waals surface area contributed by atoms with Crippen molar-refractivity contribution in [3.63, 3.8) is 0 Å². The Morgan fingerprint density at radius 3 is 2.43 bits per heavy atom. The summed E-state index contributed by atoms with van der Waals surface area (Å²) in [6.45, 7) is 5.75. The largest absolute Gasteiger partial charge is 0.339 e. The van der Waals surface area contributed by atoms with Crippen molar-refractivity contribution in [1.29, 1.82) is 0 Å². The summed E-state index contributed by atoms with van der Waals surface area (Å²) >= 11 is 0. The van der Waals surface area contributed by atoms with Crippen LogP contribution in [0.3, 0.4) is 0 Å². The number of amides is 1. The van der Waals surface area contributed by atoms with Gasteiger partial charge in [0.15, 0.2) is 0 Å². The average Bonchev–Trinajstić information content (AvgIpc) is 2.93. The SMILES string of the molecule is Cc1nc(C)n(-c2ccc(C(=O)N(C)C3CCNCC3)cc2)n1. The summed E-state index contributed by atoms with van der Waals surface area (Å²) in [5.74, 6) is 1.66. The molecular weight excluding hydrogens is 290 g/mol. The third kappa shape index (κ3) is 3.27. The van der Waals surface area contributed by atoms with Gasteiger partial charge in [-0.3, -0.25) is 4.79 Å². The highest BCUT2D eigenvalue weighted by Crippen LogP contribution is 2.16. The van der Waals surface area contributed by atoms with Gasteiger partial charge in [-0.25, -0.2) is 9.67 Å². The highest BCUT2D eigenvalue weighted by molar-refractivity contribution is 5.94. The summed E-state index contributed by atoms with van der Waals surface area (Å²) in [7, 11) is 1.90. The van der Waals surface area contributed by atoms with E-state index in [0.29, 0.717) is 11.6 Å². The van der Waals surface area contributed by atoms with Crippen LogP contribution in [0.5, 0.6) is 0 Å². The van der Waals surface area contributed by atoms with Crippen molar-refractivity contribution >= 4 is 5.91 Å². The van der Waals surface area contributed by atoms with E-state index in [1.165, 1.54) is 0 Å². The maximum absolute atomic E-state index is 12.6. The molecule has 23 heavy (non-hydrogen) atoms. The monoisotopic (exact) mass is 313 g/mol. The van der Waals surface area contributed by atoms with Crippen molar-refractivity contribution in [3.05, 3.63) is 41.5 Å². The Hall–Kier alpha value is -2.21. The number of benzene rings is 1. The zero-order valence-corrected chi connectivity index (χ0v) is 13.9. The summed E-state index contributed by atoms with van der Waals surface area (Å²) in [6.07, 6.45) is 2.02. The first-order valence-electron chi connectivity index (χ1n) is 8.05. The van der Waals surface area contributed by atoms with Crippen LogP contribution in [0, 0.1) is 13.8 Å². The molecule has 1 aliphatic heterocycles. The van der Waals surface area contributed by atoms with Crippen LogP contribution in [0.15, 0.2) is 24.3 Å². The van der Waals surface area contributed by atoms with Crippen molar-refractivity contribution in [2.45, 2.75) is 32.7 Å². The van der Waals surface area contributed by atoms with E-state index in [2.05, 4.69) is 15.4 Å². The average molecular weight is 313 g/mol. The Bertz CT molecular complexity index is 686. The zero-order chi connectivity index (χ0) is 16.4. The van der Waals surface area contributed by atoms with Gasteiger partial charge in [-0.05, 0) is 64.0 Å². The zero-order valence-electron chi connectivity index (χ0n) is 13.9. The second-order valence-corrected chi connectivity index (χ2v) is 6.06. The van der Waals surface area contributed by atoms with Crippen LogP contribution in [0.4, 0.5) is 0 Å². The molecule has 1 aliphatic rings. The minimum Gasteiger partial charge on any atom is -0.339 e. The summed E-state index contributed by atoms with van der Waals surface area (Å²) in [4.78, 5) is 18.8. The molecule has 1 amide bonds. The molecule has 0 unspecified atom stereocenters. The molecule has 2 aromatic rings. The molecule has 3 rings (SSSR count). The minimum absolute atomic E-state index is 0.0787. The standard InChI is InChI=1S/C17H23N5O/c1-12-19-13(2)22(20-12)16-6-4-14(5-7-16)17(23)21(3)15-8-10-18-11-9-15/h4-7,15,18H,8-11H2,1-3H3. The van der Waals surface area contributed by atoms with Crippen molar-refractivity contribution in [2.24, 2.45) is 0 Å². The Labute approximate surface area is 136 Å². The predicted molar refractivity (Wildman–Crippen MR) is 88.8 cm³/mol. The van der Waals surface area contributed by atoms with Crippen LogP contribution in [0.2, 0.25) is 0 Å². The number of aryl methyl sites for hydroxylation is 2. The summed E-state index contributed by atoms with van der Waals surface area (Å²) in [6, 6.07) is 7.90. The Morgan fingerprint density at radius 2 is 1.87 bits per heavy atom. The van der Waals surface area contributed by atoms with Crippen LogP contribution in [-0.2, 0) is 0 Å². The molecule has 2 heterocycles. The normalized spacial score (nSPS) is 15.6. The van der Waals surface area contributed by atoms with Crippen LogP contribution >= 0.6 is 0 Å². The number of piperidine rings is 1. The van der Waals surface area contributed by atoms with E-state index in [4.69, 9.17) is 0 Å². The van der Waals surface area contributed by atoms with E-state index >= 15 is 0 Å². The van der Waals surface area contributed by atoms with Crippen LogP contribution in [0.1, 0.15) is 34.8 Å². The van der Waals surface area contributed by atoms with Gasteiger partial charge in [0.25, 0.3) is 5.91 Å². The number of carbonyl (C=O) groups excluding carboxylic acids is 1. The van der Waals surface area contributed by atoms with Gasteiger partial charge < -0.3 is 10.2 Å². The first-order chi connectivity index (χ1) is 11.1. The first kappa shape index (κ1) is 15.7. The van der Waals surface area contributed by atoms with Crippen LogP contribution in [-0.4, -0.2) is 51.8 Å². The fraction of sp³-hybridized carbons (Fsp3) is 0.471. The second kappa shape index (κ2) is 6.50. The fourth-order valence-corrected chi connectivity index (χ4v) is 3.07. The number of nitrogens with zero attached hydrogens (tertiary/aromatic N) is 4. The van der Waals surface area contributed by atoms with Gasteiger partial charge in [-0.15, -0.1) is 0 Å². The lowest BCUT2D eigenvalue weighted by Crippen LogP contribution is -2.43. The highest BCUT2D eigenvalue weighted by atomic mass is 16.2. The van der Waals surface area contributed by atoms with Gasteiger partial charge in [-0.2, -0.15) is 5.10 Å². The Kier molecular flexibility index (Phi) is 4.43. The molecule has 1 aromatic carbocycles. The molecule has 0 saturated carbocycles. The summed E-state index contributed by atoms with van der Waals surface area (Å²) in [5, 5.41) is 7.69. The molecule has 1 aromatic heterocycles. The molecule has 1 fully saturated rings. The fourth-order valence-electron chi connectivity index (χ4n) is 3.07. The molecule has 0 radical (unpaired) electrons. The second-order valence-electron chi connectivity index (χ2n) is 6.06.